The van der Waals surface area contributed by atoms with Gasteiger partial charge in [-0.25, -0.2) is 4.98 Å². The fourth-order valence-electron chi connectivity index (χ4n) is 2.15. The van der Waals surface area contributed by atoms with E-state index < -0.39 is 0 Å². The van der Waals surface area contributed by atoms with Crippen LogP contribution in [-0.4, -0.2) is 47.2 Å². The van der Waals surface area contributed by atoms with Gasteiger partial charge in [0.1, 0.15) is 0 Å². The molecule has 1 N–H and O–H groups in total. The van der Waals surface area contributed by atoms with Crippen LogP contribution in [0.5, 0.6) is 0 Å². The predicted octanol–water partition coefficient (Wildman–Crippen LogP) is 0.567. The van der Waals surface area contributed by atoms with E-state index in [-0.39, 0.29) is 0 Å². The maximum atomic E-state index is 4.03. The zero-order valence-corrected chi connectivity index (χ0v) is 9.39. The zero-order chi connectivity index (χ0) is 10.5. The highest BCUT2D eigenvalue weighted by Gasteiger charge is 2.15. The summed E-state index contributed by atoms with van der Waals surface area (Å²) in [7, 11) is 2.20. The first kappa shape index (κ1) is 10.6. The first-order valence-corrected chi connectivity index (χ1v) is 5.72. The maximum Gasteiger partial charge on any atom is 0.0946 e. The number of piperidine rings is 1. The molecule has 1 aromatic heterocycles. The molecule has 1 aliphatic heterocycles. The highest BCUT2D eigenvalue weighted by atomic mass is 15.1. The van der Waals surface area contributed by atoms with Gasteiger partial charge in [0.2, 0.25) is 0 Å². The number of likely N-dealkylation sites (tertiary alicyclic amines) is 1. The quantitative estimate of drug-likeness (QED) is 0.785. The lowest BCUT2D eigenvalue weighted by molar-refractivity contribution is 0.226. The highest BCUT2D eigenvalue weighted by molar-refractivity contribution is 4.78. The molecule has 1 unspecified atom stereocenters. The van der Waals surface area contributed by atoms with Crippen LogP contribution in [0.2, 0.25) is 0 Å². The van der Waals surface area contributed by atoms with Crippen molar-refractivity contribution in [2.45, 2.75) is 25.4 Å². The third-order valence-corrected chi connectivity index (χ3v) is 2.99. The first-order valence-electron chi connectivity index (χ1n) is 5.72. The summed E-state index contributed by atoms with van der Waals surface area (Å²) < 4.78 is 2.11. The zero-order valence-electron chi connectivity index (χ0n) is 9.39. The molecule has 1 saturated heterocycles. The van der Waals surface area contributed by atoms with E-state index in [1.807, 2.05) is 18.7 Å². The molecule has 0 radical (unpaired) electrons. The molecule has 84 valence electrons. The molecule has 0 aromatic carbocycles. The van der Waals surface area contributed by atoms with Gasteiger partial charge in [0.15, 0.2) is 0 Å². The van der Waals surface area contributed by atoms with Crippen LogP contribution < -0.4 is 5.32 Å². The SMILES string of the molecule is CN1CCCC(NCCn2ccnc2)C1. The smallest absolute Gasteiger partial charge is 0.0946 e. The van der Waals surface area contributed by atoms with E-state index in [2.05, 4.69) is 26.8 Å². The van der Waals surface area contributed by atoms with Crippen molar-refractivity contribution < 1.29 is 0 Å². The van der Waals surface area contributed by atoms with E-state index in [4.69, 9.17) is 0 Å². The molecule has 0 amide bonds. The predicted molar refractivity (Wildman–Crippen MR) is 60.7 cm³/mol. The molecular formula is C11H20N4. The molecule has 1 fully saturated rings. The Balaban J connectivity index is 1.65. The number of hydrogen-bond acceptors (Lipinski definition) is 3. The molecule has 15 heavy (non-hydrogen) atoms. The standard InChI is InChI=1S/C11H20N4/c1-14-6-2-3-11(9-14)13-5-8-15-7-4-12-10-15/h4,7,10-11,13H,2-3,5-6,8-9H2,1H3. The van der Waals surface area contributed by atoms with E-state index in [1.165, 1.54) is 25.9 Å². The van der Waals surface area contributed by atoms with Crippen molar-refractivity contribution in [3.63, 3.8) is 0 Å². The maximum absolute atomic E-state index is 4.03. The molecule has 4 nitrogen and oxygen atoms in total. The van der Waals surface area contributed by atoms with Crippen molar-refractivity contribution in [2.75, 3.05) is 26.7 Å². The first-order chi connectivity index (χ1) is 7.34. The minimum atomic E-state index is 0.673. The summed E-state index contributed by atoms with van der Waals surface area (Å²) in [4.78, 5) is 6.43. The summed E-state index contributed by atoms with van der Waals surface area (Å²) in [6, 6.07) is 0.673. The van der Waals surface area contributed by atoms with Gasteiger partial charge >= 0.3 is 0 Å². The van der Waals surface area contributed by atoms with Gasteiger partial charge in [0, 0.05) is 38.1 Å². The van der Waals surface area contributed by atoms with E-state index in [1.54, 1.807) is 0 Å². The third-order valence-electron chi connectivity index (χ3n) is 2.99. The molecule has 4 heteroatoms. The largest absolute Gasteiger partial charge is 0.336 e. The second-order valence-corrected chi connectivity index (χ2v) is 4.36. The lowest BCUT2D eigenvalue weighted by Gasteiger charge is -2.30. The van der Waals surface area contributed by atoms with Gasteiger partial charge in [-0.05, 0) is 26.4 Å². The Labute approximate surface area is 91.3 Å². The van der Waals surface area contributed by atoms with Gasteiger partial charge in [0.05, 0.1) is 6.33 Å². The van der Waals surface area contributed by atoms with Gasteiger partial charge in [-0.3, -0.25) is 0 Å². The Morgan fingerprint density at radius 3 is 3.20 bits per heavy atom. The van der Waals surface area contributed by atoms with Gasteiger partial charge in [0.25, 0.3) is 0 Å². The fraction of sp³-hybridized carbons (Fsp3) is 0.727. The summed E-state index contributed by atoms with van der Waals surface area (Å²) in [5, 5.41) is 3.60. The monoisotopic (exact) mass is 208 g/mol. The van der Waals surface area contributed by atoms with Crippen LogP contribution in [0.25, 0.3) is 0 Å². The molecule has 1 aromatic rings. The fourth-order valence-corrected chi connectivity index (χ4v) is 2.15. The summed E-state index contributed by atoms with van der Waals surface area (Å²) in [5.41, 5.74) is 0. The number of nitrogens with one attached hydrogen (secondary N) is 1. The average molecular weight is 208 g/mol. The van der Waals surface area contributed by atoms with E-state index >= 15 is 0 Å². The normalized spacial score (nSPS) is 23.1. The molecule has 1 aliphatic rings. The van der Waals surface area contributed by atoms with Crippen LogP contribution in [0.3, 0.4) is 0 Å². The Hall–Kier alpha value is -0.870. The van der Waals surface area contributed by atoms with Crippen molar-refractivity contribution in [3.05, 3.63) is 18.7 Å². The summed E-state index contributed by atoms with van der Waals surface area (Å²) in [5.74, 6) is 0. The van der Waals surface area contributed by atoms with Gasteiger partial charge in [-0.15, -0.1) is 0 Å². The summed E-state index contributed by atoms with van der Waals surface area (Å²) in [6.45, 7) is 4.48. The number of aromatic nitrogens is 2. The minimum Gasteiger partial charge on any atom is -0.336 e. The van der Waals surface area contributed by atoms with Gasteiger partial charge < -0.3 is 14.8 Å². The number of likely N-dealkylation sites (N-methyl/N-ethyl adjacent to an activating group) is 1. The lowest BCUT2D eigenvalue weighted by atomic mass is 10.1. The summed E-state index contributed by atoms with van der Waals surface area (Å²) >= 11 is 0. The van der Waals surface area contributed by atoms with Crippen molar-refractivity contribution in [2.24, 2.45) is 0 Å². The molecule has 0 bridgehead atoms. The third kappa shape index (κ3) is 3.32. The molecule has 0 saturated carbocycles. The topological polar surface area (TPSA) is 33.1 Å². The molecular weight excluding hydrogens is 188 g/mol. The van der Waals surface area contributed by atoms with Gasteiger partial charge in [-0.2, -0.15) is 0 Å². The van der Waals surface area contributed by atoms with E-state index in [0.717, 1.165) is 13.1 Å². The minimum absolute atomic E-state index is 0.673. The molecule has 0 spiro atoms. The second kappa shape index (κ2) is 5.28. The Bertz CT molecular complexity index is 270. The number of nitrogens with zero attached hydrogens (tertiary/aromatic N) is 3. The second-order valence-electron chi connectivity index (χ2n) is 4.36. The highest BCUT2D eigenvalue weighted by Crippen LogP contribution is 2.07. The average Bonchev–Trinajstić information content (AvgIpc) is 2.71. The van der Waals surface area contributed by atoms with Crippen LogP contribution >= 0.6 is 0 Å². The van der Waals surface area contributed by atoms with Crippen LogP contribution in [-0.2, 0) is 6.54 Å². The molecule has 2 rings (SSSR count). The molecule has 0 aliphatic carbocycles. The van der Waals surface area contributed by atoms with Crippen molar-refractivity contribution in [3.8, 4) is 0 Å². The van der Waals surface area contributed by atoms with Crippen molar-refractivity contribution >= 4 is 0 Å². The van der Waals surface area contributed by atoms with Crippen LogP contribution in [0.4, 0.5) is 0 Å². The number of hydrogen-bond donors (Lipinski definition) is 1. The summed E-state index contributed by atoms with van der Waals surface area (Å²) in [6.07, 6.45) is 8.34. The molecule has 2 heterocycles. The van der Waals surface area contributed by atoms with E-state index in [9.17, 15) is 0 Å². The van der Waals surface area contributed by atoms with Crippen LogP contribution in [0, 0.1) is 0 Å². The van der Waals surface area contributed by atoms with Crippen LogP contribution in [0.15, 0.2) is 18.7 Å². The Morgan fingerprint density at radius 2 is 2.47 bits per heavy atom. The van der Waals surface area contributed by atoms with E-state index in [0.29, 0.717) is 6.04 Å². The van der Waals surface area contributed by atoms with Crippen molar-refractivity contribution in [1.82, 2.24) is 19.8 Å². The lowest BCUT2D eigenvalue weighted by Crippen LogP contribution is -2.44. The Kier molecular flexibility index (Phi) is 3.75. The van der Waals surface area contributed by atoms with Gasteiger partial charge in [-0.1, -0.05) is 0 Å². The van der Waals surface area contributed by atoms with Crippen molar-refractivity contribution in [1.29, 1.82) is 0 Å². The number of rotatable bonds is 4. The Morgan fingerprint density at radius 1 is 1.53 bits per heavy atom. The van der Waals surface area contributed by atoms with Crippen LogP contribution in [0.1, 0.15) is 12.8 Å². The molecule has 1 atom stereocenters. The number of imidazole rings is 1.